The zero-order valence-corrected chi connectivity index (χ0v) is 14.6. The summed E-state index contributed by atoms with van der Waals surface area (Å²) in [5, 5.41) is 5.01. The second-order valence-electron chi connectivity index (χ2n) is 5.85. The van der Waals surface area contributed by atoms with Crippen LogP contribution in [0.4, 0.5) is 0 Å². The lowest BCUT2D eigenvalue weighted by molar-refractivity contribution is -0.122. The van der Waals surface area contributed by atoms with Gasteiger partial charge in [-0.25, -0.2) is 4.79 Å². The molecule has 5 nitrogen and oxygen atoms in total. The highest BCUT2D eigenvalue weighted by Gasteiger charge is 2.19. The molecular weight excluding hydrogens is 348 g/mol. The molecular formula is C20H16N2O3S. The molecule has 2 heterocycles. The van der Waals surface area contributed by atoms with Crippen molar-refractivity contribution < 1.29 is 9.21 Å². The minimum Gasteiger partial charge on any atom is -0.408 e. The Balaban J connectivity index is 1.61. The van der Waals surface area contributed by atoms with Crippen LogP contribution in [0, 0.1) is 0 Å². The van der Waals surface area contributed by atoms with Gasteiger partial charge in [-0.05, 0) is 29.1 Å². The summed E-state index contributed by atoms with van der Waals surface area (Å²) in [6.45, 7) is -0.0927. The number of aromatic nitrogens is 1. The molecule has 0 radical (unpaired) electrons. The van der Waals surface area contributed by atoms with Crippen LogP contribution in [0.25, 0.3) is 11.1 Å². The lowest BCUT2D eigenvalue weighted by atomic mass is 10.1. The minimum absolute atomic E-state index is 0.0927. The molecule has 0 saturated carbocycles. The van der Waals surface area contributed by atoms with E-state index in [-0.39, 0.29) is 18.5 Å². The number of para-hydroxylation sites is 2. The summed E-state index contributed by atoms with van der Waals surface area (Å²) in [5.41, 5.74) is 2.08. The van der Waals surface area contributed by atoms with E-state index in [9.17, 15) is 9.59 Å². The monoisotopic (exact) mass is 364 g/mol. The number of nitrogens with zero attached hydrogens (tertiary/aromatic N) is 1. The molecule has 4 rings (SSSR count). The van der Waals surface area contributed by atoms with E-state index in [1.807, 2.05) is 53.9 Å². The molecule has 1 N–H and O–H groups in total. The average Bonchev–Trinajstić information content (AvgIpc) is 3.29. The van der Waals surface area contributed by atoms with E-state index >= 15 is 0 Å². The Bertz CT molecular complexity index is 1080. The van der Waals surface area contributed by atoms with Crippen molar-refractivity contribution >= 4 is 28.3 Å². The van der Waals surface area contributed by atoms with E-state index in [0.717, 1.165) is 10.4 Å². The third-order valence-corrected chi connectivity index (χ3v) is 5.08. The average molecular weight is 364 g/mol. The van der Waals surface area contributed by atoms with Crippen molar-refractivity contribution in [1.82, 2.24) is 9.88 Å². The summed E-state index contributed by atoms with van der Waals surface area (Å²) in [6.07, 6.45) is 0. The van der Waals surface area contributed by atoms with Gasteiger partial charge in [0.2, 0.25) is 5.91 Å². The summed E-state index contributed by atoms with van der Waals surface area (Å²) >= 11 is 1.58. The standard InChI is InChI=1S/C20H16N2O3S/c23-18(13-22-15-9-4-5-10-16(15)25-20(22)24)21-19(17-11-6-12-26-17)14-7-2-1-3-8-14/h1-12,19H,13H2,(H,21,23)/t19-/m1/s1. The van der Waals surface area contributed by atoms with Crippen LogP contribution in [-0.2, 0) is 11.3 Å². The summed E-state index contributed by atoms with van der Waals surface area (Å²) in [6, 6.07) is 20.5. The number of oxazole rings is 1. The number of benzene rings is 2. The summed E-state index contributed by atoms with van der Waals surface area (Å²) in [7, 11) is 0. The zero-order chi connectivity index (χ0) is 17.9. The molecule has 1 amide bonds. The molecule has 0 saturated heterocycles. The predicted octanol–water partition coefficient (Wildman–Crippen LogP) is 3.56. The van der Waals surface area contributed by atoms with Gasteiger partial charge in [-0.15, -0.1) is 11.3 Å². The Kier molecular flexibility index (Phi) is 4.41. The van der Waals surface area contributed by atoms with E-state index < -0.39 is 5.76 Å². The van der Waals surface area contributed by atoms with Gasteiger partial charge in [0.15, 0.2) is 5.58 Å². The molecule has 2 aromatic carbocycles. The van der Waals surface area contributed by atoms with Crippen molar-refractivity contribution in [1.29, 1.82) is 0 Å². The van der Waals surface area contributed by atoms with Crippen LogP contribution < -0.4 is 11.1 Å². The van der Waals surface area contributed by atoms with E-state index in [4.69, 9.17) is 4.42 Å². The Labute approximate surface area is 153 Å². The lowest BCUT2D eigenvalue weighted by Gasteiger charge is -2.18. The van der Waals surface area contributed by atoms with Crippen LogP contribution in [0.2, 0.25) is 0 Å². The largest absolute Gasteiger partial charge is 0.420 e. The maximum atomic E-state index is 12.7. The lowest BCUT2D eigenvalue weighted by Crippen LogP contribution is -2.33. The quantitative estimate of drug-likeness (QED) is 0.589. The van der Waals surface area contributed by atoms with Gasteiger partial charge >= 0.3 is 5.76 Å². The van der Waals surface area contributed by atoms with Crippen LogP contribution in [0.3, 0.4) is 0 Å². The first kappa shape index (κ1) is 16.4. The topological polar surface area (TPSA) is 64.2 Å². The number of amides is 1. The zero-order valence-electron chi connectivity index (χ0n) is 13.8. The Hall–Kier alpha value is -3.12. The first-order valence-electron chi connectivity index (χ1n) is 8.18. The normalized spacial score (nSPS) is 12.2. The molecule has 6 heteroatoms. The Morgan fingerprint density at radius 1 is 1.04 bits per heavy atom. The van der Waals surface area contributed by atoms with Crippen molar-refractivity contribution in [3.63, 3.8) is 0 Å². The molecule has 0 bridgehead atoms. The predicted molar refractivity (Wildman–Crippen MR) is 101 cm³/mol. The molecule has 4 aromatic rings. The van der Waals surface area contributed by atoms with Gasteiger partial charge in [0.1, 0.15) is 6.54 Å². The first-order valence-corrected chi connectivity index (χ1v) is 9.06. The number of nitrogens with one attached hydrogen (secondary N) is 1. The van der Waals surface area contributed by atoms with Crippen molar-refractivity contribution in [2.75, 3.05) is 0 Å². The number of hydrogen-bond donors (Lipinski definition) is 1. The molecule has 130 valence electrons. The number of rotatable bonds is 5. The second-order valence-corrected chi connectivity index (χ2v) is 6.83. The van der Waals surface area contributed by atoms with Crippen molar-refractivity contribution in [3.8, 4) is 0 Å². The number of carbonyl (C=O) groups is 1. The van der Waals surface area contributed by atoms with E-state index in [2.05, 4.69) is 5.32 Å². The molecule has 0 aliphatic carbocycles. The van der Waals surface area contributed by atoms with Crippen molar-refractivity contribution in [2.24, 2.45) is 0 Å². The van der Waals surface area contributed by atoms with Gasteiger partial charge in [-0.1, -0.05) is 48.5 Å². The summed E-state index contributed by atoms with van der Waals surface area (Å²) in [5.74, 6) is -0.783. The molecule has 2 aromatic heterocycles. The van der Waals surface area contributed by atoms with Crippen LogP contribution in [0.5, 0.6) is 0 Å². The fourth-order valence-electron chi connectivity index (χ4n) is 2.93. The van der Waals surface area contributed by atoms with Crippen LogP contribution in [0.1, 0.15) is 16.5 Å². The van der Waals surface area contributed by atoms with Crippen LogP contribution in [-0.4, -0.2) is 10.5 Å². The molecule has 26 heavy (non-hydrogen) atoms. The SMILES string of the molecule is O=C(Cn1c(=O)oc2ccccc21)N[C@H](c1ccccc1)c1cccs1. The van der Waals surface area contributed by atoms with Crippen LogP contribution >= 0.6 is 11.3 Å². The summed E-state index contributed by atoms with van der Waals surface area (Å²) in [4.78, 5) is 25.8. The fourth-order valence-corrected chi connectivity index (χ4v) is 3.74. The van der Waals surface area contributed by atoms with E-state index in [1.165, 1.54) is 4.57 Å². The second kappa shape index (κ2) is 7.01. The Morgan fingerprint density at radius 2 is 1.81 bits per heavy atom. The van der Waals surface area contributed by atoms with Crippen LogP contribution in [0.15, 0.2) is 81.3 Å². The molecule has 1 atom stereocenters. The van der Waals surface area contributed by atoms with Crippen molar-refractivity contribution in [3.05, 3.63) is 93.1 Å². The van der Waals surface area contributed by atoms with E-state index in [1.54, 1.807) is 29.5 Å². The minimum atomic E-state index is -0.534. The van der Waals surface area contributed by atoms with Gasteiger partial charge in [-0.3, -0.25) is 9.36 Å². The molecule has 0 spiro atoms. The smallest absolute Gasteiger partial charge is 0.408 e. The first-order chi connectivity index (χ1) is 12.7. The number of fused-ring (bicyclic) bond motifs is 1. The highest BCUT2D eigenvalue weighted by molar-refractivity contribution is 7.10. The van der Waals surface area contributed by atoms with Gasteiger partial charge < -0.3 is 9.73 Å². The van der Waals surface area contributed by atoms with Gasteiger partial charge in [0.05, 0.1) is 11.6 Å². The molecule has 0 fully saturated rings. The molecule has 0 aliphatic rings. The highest BCUT2D eigenvalue weighted by atomic mass is 32.1. The van der Waals surface area contributed by atoms with Gasteiger partial charge in [-0.2, -0.15) is 0 Å². The number of carbonyl (C=O) groups excluding carboxylic acids is 1. The highest BCUT2D eigenvalue weighted by Crippen LogP contribution is 2.26. The summed E-state index contributed by atoms with van der Waals surface area (Å²) < 4.78 is 6.54. The van der Waals surface area contributed by atoms with Crippen molar-refractivity contribution in [2.45, 2.75) is 12.6 Å². The maximum Gasteiger partial charge on any atom is 0.420 e. The molecule has 0 aliphatic heterocycles. The molecule has 0 unspecified atom stereocenters. The Morgan fingerprint density at radius 3 is 2.58 bits per heavy atom. The third kappa shape index (κ3) is 3.19. The number of hydrogen-bond acceptors (Lipinski definition) is 4. The van der Waals surface area contributed by atoms with Gasteiger partial charge in [0.25, 0.3) is 0 Å². The van der Waals surface area contributed by atoms with Gasteiger partial charge in [0, 0.05) is 4.88 Å². The van der Waals surface area contributed by atoms with E-state index in [0.29, 0.717) is 11.1 Å². The number of thiophene rings is 1. The third-order valence-electron chi connectivity index (χ3n) is 4.14. The fraction of sp³-hybridized carbons (Fsp3) is 0.100. The maximum absolute atomic E-state index is 12.7.